The summed E-state index contributed by atoms with van der Waals surface area (Å²) in [6.45, 7) is -0.192. The lowest BCUT2D eigenvalue weighted by Gasteiger charge is -2.21. The lowest BCUT2D eigenvalue weighted by Crippen LogP contribution is -2.39. The molecule has 2 rings (SSSR count). The maximum absolute atomic E-state index is 12.2. The summed E-state index contributed by atoms with van der Waals surface area (Å²) in [6.07, 6.45) is -4.13. The van der Waals surface area contributed by atoms with Crippen molar-refractivity contribution in [3.8, 4) is 0 Å². The first-order valence-corrected chi connectivity index (χ1v) is 7.31. The second-order valence-electron chi connectivity index (χ2n) is 5.18. The third-order valence-corrected chi connectivity index (χ3v) is 3.27. The largest absolute Gasteiger partial charge is 0.411 e. The van der Waals surface area contributed by atoms with Gasteiger partial charge in [0.2, 0.25) is 5.91 Å². The highest BCUT2D eigenvalue weighted by Gasteiger charge is 2.30. The predicted molar refractivity (Wildman–Crippen MR) is 82.1 cm³/mol. The normalized spacial score (nSPS) is 14.0. The number of hydrogen-bond donors (Lipinski definition) is 1. The molecule has 0 saturated heterocycles. The minimum Gasteiger partial charge on any atom is -0.359 e. The molecule has 0 aliphatic carbocycles. The number of pyridine rings is 1. The molecule has 1 aromatic carbocycles. The van der Waals surface area contributed by atoms with Crippen LogP contribution in [0.3, 0.4) is 0 Å². The number of halogens is 3. The Kier molecular flexibility index (Phi) is 5.92. The average molecular weight is 338 g/mol. The Bertz CT molecular complexity index is 608. The lowest BCUT2D eigenvalue weighted by molar-refractivity contribution is -0.185. The van der Waals surface area contributed by atoms with Crippen molar-refractivity contribution in [3.63, 3.8) is 0 Å². The molecule has 2 aromatic rings. The highest BCUT2D eigenvalue weighted by atomic mass is 19.4. The van der Waals surface area contributed by atoms with E-state index in [0.29, 0.717) is 5.69 Å². The van der Waals surface area contributed by atoms with Gasteiger partial charge in [-0.1, -0.05) is 36.4 Å². The van der Waals surface area contributed by atoms with Crippen LogP contribution in [0.4, 0.5) is 13.2 Å². The number of rotatable bonds is 6. The van der Waals surface area contributed by atoms with Crippen molar-refractivity contribution in [2.45, 2.75) is 25.2 Å². The van der Waals surface area contributed by atoms with Gasteiger partial charge in [0, 0.05) is 6.20 Å². The van der Waals surface area contributed by atoms with Gasteiger partial charge < -0.3 is 10.1 Å². The Morgan fingerprint density at radius 3 is 2.42 bits per heavy atom. The summed E-state index contributed by atoms with van der Waals surface area (Å²) in [5.41, 5.74) is 1.35. The number of ether oxygens (including phenoxy) is 1. The minimum absolute atomic E-state index is 0.572. The van der Waals surface area contributed by atoms with E-state index in [0.717, 1.165) is 5.56 Å². The second-order valence-corrected chi connectivity index (χ2v) is 5.18. The fourth-order valence-corrected chi connectivity index (χ4v) is 2.08. The van der Waals surface area contributed by atoms with Crippen molar-refractivity contribution in [3.05, 3.63) is 66.0 Å². The van der Waals surface area contributed by atoms with Crippen LogP contribution in [-0.2, 0) is 9.53 Å². The van der Waals surface area contributed by atoms with Crippen LogP contribution in [-0.4, -0.2) is 29.8 Å². The minimum atomic E-state index is -4.48. The summed E-state index contributed by atoms with van der Waals surface area (Å²) in [4.78, 5) is 16.4. The Labute approximate surface area is 137 Å². The fraction of sp³-hybridized carbons (Fsp3) is 0.294. The van der Waals surface area contributed by atoms with E-state index < -0.39 is 30.8 Å². The molecule has 7 heteroatoms. The Morgan fingerprint density at radius 2 is 1.83 bits per heavy atom. The molecule has 0 bridgehead atoms. The molecule has 1 aromatic heterocycles. The number of benzene rings is 1. The number of alkyl halides is 3. The molecule has 0 spiro atoms. The molecule has 24 heavy (non-hydrogen) atoms. The molecular weight excluding hydrogens is 321 g/mol. The number of nitrogens with zero attached hydrogens (tertiary/aromatic N) is 1. The molecule has 0 radical (unpaired) electrons. The molecule has 128 valence electrons. The van der Waals surface area contributed by atoms with Gasteiger partial charge in [-0.05, 0) is 24.6 Å². The van der Waals surface area contributed by atoms with E-state index in [2.05, 4.69) is 15.0 Å². The molecule has 0 saturated carbocycles. The summed E-state index contributed by atoms with van der Waals surface area (Å²) in [6, 6.07) is 13.7. The molecule has 1 N–H and O–H groups in total. The highest BCUT2D eigenvalue weighted by molar-refractivity contribution is 5.81. The van der Waals surface area contributed by atoms with Gasteiger partial charge in [-0.2, -0.15) is 13.2 Å². The first-order chi connectivity index (χ1) is 11.4. The standard InChI is InChI=1S/C17H17F3N2O2/c1-12(24-11-17(18,19)20)16(23)22-15(13-7-3-2-4-8-13)14-9-5-6-10-21-14/h2-10,12,15H,11H2,1H3,(H,22,23)/t12-,15-/m1/s1. The monoisotopic (exact) mass is 338 g/mol. The molecule has 0 fully saturated rings. The van der Waals surface area contributed by atoms with E-state index in [9.17, 15) is 18.0 Å². The van der Waals surface area contributed by atoms with Crippen molar-refractivity contribution < 1.29 is 22.7 Å². The zero-order valence-electron chi connectivity index (χ0n) is 13.0. The zero-order valence-corrected chi connectivity index (χ0v) is 13.0. The van der Waals surface area contributed by atoms with Gasteiger partial charge in [-0.25, -0.2) is 0 Å². The van der Waals surface area contributed by atoms with Gasteiger partial charge in [0.15, 0.2) is 0 Å². The van der Waals surface area contributed by atoms with Crippen molar-refractivity contribution in [2.24, 2.45) is 0 Å². The van der Waals surface area contributed by atoms with Crippen molar-refractivity contribution in [1.82, 2.24) is 10.3 Å². The third-order valence-electron chi connectivity index (χ3n) is 3.27. The summed E-state index contributed by atoms with van der Waals surface area (Å²) in [7, 11) is 0. The number of carbonyl (C=O) groups excluding carboxylic acids is 1. The van der Waals surface area contributed by atoms with Gasteiger partial charge in [0.1, 0.15) is 12.7 Å². The van der Waals surface area contributed by atoms with Crippen LogP contribution >= 0.6 is 0 Å². The van der Waals surface area contributed by atoms with Crippen LogP contribution in [0.15, 0.2) is 54.7 Å². The Morgan fingerprint density at radius 1 is 1.17 bits per heavy atom. The summed E-state index contributed by atoms with van der Waals surface area (Å²) >= 11 is 0. The predicted octanol–water partition coefficient (Wildman–Crippen LogP) is 3.25. The zero-order chi connectivity index (χ0) is 17.6. The molecule has 1 amide bonds. The first kappa shape index (κ1) is 17.9. The van der Waals surface area contributed by atoms with E-state index >= 15 is 0 Å². The number of aromatic nitrogens is 1. The van der Waals surface area contributed by atoms with Gasteiger partial charge in [0.25, 0.3) is 0 Å². The molecule has 4 nitrogen and oxygen atoms in total. The fourth-order valence-electron chi connectivity index (χ4n) is 2.08. The molecule has 2 atom stereocenters. The van der Waals surface area contributed by atoms with Crippen molar-refractivity contribution in [1.29, 1.82) is 0 Å². The average Bonchev–Trinajstić information content (AvgIpc) is 2.58. The highest BCUT2D eigenvalue weighted by Crippen LogP contribution is 2.21. The van der Waals surface area contributed by atoms with Crippen LogP contribution in [0.25, 0.3) is 0 Å². The molecule has 1 heterocycles. The quantitative estimate of drug-likeness (QED) is 0.880. The summed E-state index contributed by atoms with van der Waals surface area (Å²) in [5, 5.41) is 2.69. The van der Waals surface area contributed by atoms with Crippen molar-refractivity contribution >= 4 is 5.91 Å². The summed E-state index contributed by atoms with van der Waals surface area (Å²) < 4.78 is 41.2. The number of carbonyl (C=O) groups is 1. The van der Waals surface area contributed by atoms with Gasteiger partial charge in [0.05, 0.1) is 11.7 Å². The maximum atomic E-state index is 12.2. The summed E-state index contributed by atoms with van der Waals surface area (Å²) in [5.74, 6) is -0.640. The van der Waals surface area contributed by atoms with Crippen LogP contribution < -0.4 is 5.32 Å². The van der Waals surface area contributed by atoms with E-state index in [1.165, 1.54) is 6.92 Å². The van der Waals surface area contributed by atoms with E-state index in [1.54, 1.807) is 48.7 Å². The van der Waals surface area contributed by atoms with E-state index in [-0.39, 0.29) is 0 Å². The van der Waals surface area contributed by atoms with Crippen LogP contribution in [0, 0.1) is 0 Å². The second kappa shape index (κ2) is 7.92. The maximum Gasteiger partial charge on any atom is 0.411 e. The molecule has 0 aliphatic rings. The van der Waals surface area contributed by atoms with Crippen molar-refractivity contribution in [2.75, 3.05) is 6.61 Å². The number of amides is 1. The molecular formula is C17H17F3N2O2. The van der Waals surface area contributed by atoms with Crippen LogP contribution in [0.5, 0.6) is 0 Å². The Hall–Kier alpha value is -2.41. The molecule has 0 unspecified atom stereocenters. The third kappa shape index (κ3) is 5.34. The smallest absolute Gasteiger partial charge is 0.359 e. The lowest BCUT2D eigenvalue weighted by atomic mass is 10.0. The first-order valence-electron chi connectivity index (χ1n) is 7.31. The van der Waals surface area contributed by atoms with Gasteiger partial charge in [-0.15, -0.1) is 0 Å². The topological polar surface area (TPSA) is 51.2 Å². The number of hydrogen-bond acceptors (Lipinski definition) is 3. The van der Waals surface area contributed by atoms with Gasteiger partial charge in [-0.3, -0.25) is 9.78 Å². The molecule has 0 aliphatic heterocycles. The number of nitrogens with one attached hydrogen (secondary N) is 1. The van der Waals surface area contributed by atoms with E-state index in [4.69, 9.17) is 0 Å². The van der Waals surface area contributed by atoms with Crippen LogP contribution in [0.2, 0.25) is 0 Å². The van der Waals surface area contributed by atoms with Crippen LogP contribution in [0.1, 0.15) is 24.2 Å². The van der Waals surface area contributed by atoms with Gasteiger partial charge >= 0.3 is 6.18 Å². The Balaban J connectivity index is 2.13. The SMILES string of the molecule is C[C@@H](OCC(F)(F)F)C(=O)N[C@H](c1ccccc1)c1ccccn1. The van der Waals surface area contributed by atoms with E-state index in [1.807, 2.05) is 6.07 Å².